The topological polar surface area (TPSA) is 57.5 Å². The van der Waals surface area contributed by atoms with E-state index in [-0.39, 0.29) is 0 Å². The van der Waals surface area contributed by atoms with Crippen molar-refractivity contribution in [2.45, 2.75) is 102 Å². The molecule has 3 nitrogen and oxygen atoms in total. The van der Waals surface area contributed by atoms with Gasteiger partial charge in [0.15, 0.2) is 0 Å². The minimum Gasteiger partial charge on any atom is -0.0654 e. The van der Waals surface area contributed by atoms with E-state index in [2.05, 4.69) is 24.6 Å². The van der Waals surface area contributed by atoms with Crippen LogP contribution in [0, 0.1) is 0 Å². The van der Waals surface area contributed by atoms with Gasteiger partial charge in [0.25, 0.3) is 0 Å². The monoisotopic (exact) mass is 294 g/mol. The second-order valence-corrected chi connectivity index (χ2v) is 5.88. The summed E-state index contributed by atoms with van der Waals surface area (Å²) >= 11 is 2.29. The maximum absolute atomic E-state index is 8.56. The van der Waals surface area contributed by atoms with Crippen molar-refractivity contribution in [3.05, 3.63) is 0 Å². The Balaban J connectivity index is 0. The van der Waals surface area contributed by atoms with Crippen molar-refractivity contribution in [1.29, 1.82) is 0 Å². The zero-order chi connectivity index (χ0) is 16.2. The predicted molar refractivity (Wildman–Crippen MR) is 91.5 cm³/mol. The summed E-state index contributed by atoms with van der Waals surface area (Å²) < 4.78 is 0. The first kappa shape index (κ1) is 23.1. The third-order valence-electron chi connectivity index (χ3n) is 3.71. The minimum absolute atomic E-state index is 1.37. The molecule has 0 heterocycles. The van der Waals surface area contributed by atoms with E-state index in [9.17, 15) is 0 Å². The van der Waals surface area contributed by atoms with Crippen LogP contribution in [0.25, 0.3) is 0 Å². The van der Waals surface area contributed by atoms with Crippen molar-refractivity contribution < 1.29 is 15.0 Å². The van der Waals surface area contributed by atoms with Crippen LogP contribution in [0.4, 0.5) is 4.79 Å². The summed E-state index contributed by atoms with van der Waals surface area (Å²) in [4.78, 5) is 8.56. The van der Waals surface area contributed by atoms with Gasteiger partial charge in [-0.3, -0.25) is 0 Å². The fraction of sp³-hybridized carbons (Fsp3) is 0.941. The van der Waals surface area contributed by atoms with Crippen molar-refractivity contribution in [2.75, 3.05) is 0 Å². The van der Waals surface area contributed by atoms with E-state index in [0.29, 0.717) is 0 Å². The van der Waals surface area contributed by atoms with E-state index in [0.717, 1.165) is 0 Å². The molecule has 122 valence electrons. The van der Waals surface area contributed by atoms with Crippen LogP contribution in [0.5, 0.6) is 0 Å². The first-order valence-corrected chi connectivity index (χ1v) is 9.07. The standard InChI is InChI=1S/C16H33.CH2O3.Li/c1-3-5-7-9-11-13-15-16-14-12-10-8-6-4-2;2-1(3)4;/h1,3-16H2,2H3;(H2,2,3,4);. The van der Waals surface area contributed by atoms with Gasteiger partial charge in [-0.2, -0.15) is 0 Å². The van der Waals surface area contributed by atoms with Crippen LogP contribution < -0.4 is 0 Å². The third-order valence-corrected chi connectivity index (χ3v) is 3.71. The molecule has 0 aromatic heterocycles. The number of rotatable bonds is 14. The van der Waals surface area contributed by atoms with Crippen LogP contribution >= 0.6 is 0 Å². The molecule has 0 saturated carbocycles. The van der Waals surface area contributed by atoms with Gasteiger partial charge >= 0.3 is 99.6 Å². The van der Waals surface area contributed by atoms with Gasteiger partial charge in [0.2, 0.25) is 0 Å². The Kier molecular flexibility index (Phi) is 24.4. The van der Waals surface area contributed by atoms with Gasteiger partial charge in [0, 0.05) is 0 Å². The molecule has 0 unspecified atom stereocenters. The summed E-state index contributed by atoms with van der Waals surface area (Å²) in [5.74, 6) is 0. The van der Waals surface area contributed by atoms with Crippen LogP contribution in [-0.4, -0.2) is 34.1 Å². The summed E-state index contributed by atoms with van der Waals surface area (Å²) in [6, 6.07) is 0. The van der Waals surface area contributed by atoms with E-state index < -0.39 is 6.16 Å². The van der Waals surface area contributed by atoms with E-state index >= 15 is 0 Å². The van der Waals surface area contributed by atoms with Crippen molar-refractivity contribution in [3.8, 4) is 0 Å². The quantitative estimate of drug-likeness (QED) is 0.293. The van der Waals surface area contributed by atoms with Gasteiger partial charge in [-0.05, 0) is 0 Å². The Morgan fingerprint density at radius 3 is 1.14 bits per heavy atom. The summed E-state index contributed by atoms with van der Waals surface area (Å²) in [7, 11) is 0. The number of unbranched alkanes of at least 4 members (excludes halogenated alkanes) is 13. The SMILES string of the molecule is O=C(O)O.[Li][CH2]CCCCCCCCCCCCCCC. The molecule has 0 aliphatic heterocycles. The van der Waals surface area contributed by atoms with E-state index in [1.807, 2.05) is 0 Å². The van der Waals surface area contributed by atoms with Gasteiger partial charge in [-0.1, -0.05) is 26.2 Å². The molecule has 0 aromatic rings. The van der Waals surface area contributed by atoms with E-state index in [1.165, 1.54) is 95.0 Å². The maximum atomic E-state index is 8.56. The van der Waals surface area contributed by atoms with Crippen LogP contribution in [0.15, 0.2) is 0 Å². The zero-order valence-corrected chi connectivity index (χ0v) is 14.4. The molecular formula is C17H35LiO3. The molecule has 0 fully saturated rings. The van der Waals surface area contributed by atoms with Crippen molar-refractivity contribution in [1.82, 2.24) is 0 Å². The Hall–Kier alpha value is -0.133. The molecule has 21 heavy (non-hydrogen) atoms. The number of hydrogen-bond acceptors (Lipinski definition) is 1. The molecule has 0 spiro atoms. The third kappa shape index (κ3) is 33.0. The average Bonchev–Trinajstić information content (AvgIpc) is 2.43. The van der Waals surface area contributed by atoms with Crippen LogP contribution in [0.2, 0.25) is 5.09 Å². The van der Waals surface area contributed by atoms with Gasteiger partial charge in [0.1, 0.15) is 0 Å². The van der Waals surface area contributed by atoms with Crippen molar-refractivity contribution >= 4 is 23.9 Å². The Morgan fingerprint density at radius 2 is 0.905 bits per heavy atom. The number of carboxylic acid groups (broad SMARTS) is 2. The summed E-state index contributed by atoms with van der Waals surface area (Å²) in [6.45, 7) is 2.29. The summed E-state index contributed by atoms with van der Waals surface area (Å²) in [5.41, 5.74) is 0. The van der Waals surface area contributed by atoms with Gasteiger partial charge in [0.05, 0.1) is 0 Å². The van der Waals surface area contributed by atoms with E-state index in [1.54, 1.807) is 0 Å². The molecule has 0 rings (SSSR count). The fourth-order valence-corrected chi connectivity index (χ4v) is 2.44. The molecule has 0 saturated heterocycles. The summed E-state index contributed by atoms with van der Waals surface area (Å²) in [5, 5.41) is 15.3. The molecule has 0 aromatic carbocycles. The first-order chi connectivity index (χ1) is 10.1. The number of hydrogen-bond donors (Lipinski definition) is 2. The van der Waals surface area contributed by atoms with Gasteiger partial charge < -0.3 is 10.2 Å². The normalized spacial score (nSPS) is 10.0. The molecule has 0 atom stereocenters. The van der Waals surface area contributed by atoms with Gasteiger partial charge in [-0.15, -0.1) is 0 Å². The summed E-state index contributed by atoms with van der Waals surface area (Å²) in [6.07, 6.45) is 18.7. The average molecular weight is 294 g/mol. The van der Waals surface area contributed by atoms with Gasteiger partial charge in [-0.25, -0.2) is 4.79 Å². The zero-order valence-electron chi connectivity index (χ0n) is 14.4. The van der Waals surface area contributed by atoms with Crippen molar-refractivity contribution in [3.63, 3.8) is 0 Å². The minimum atomic E-state index is -1.83. The molecule has 2 N–H and O–H groups in total. The molecule has 0 bridgehead atoms. The molecule has 0 aliphatic rings. The van der Waals surface area contributed by atoms with E-state index in [4.69, 9.17) is 15.0 Å². The van der Waals surface area contributed by atoms with Crippen molar-refractivity contribution in [2.24, 2.45) is 0 Å². The molecule has 0 radical (unpaired) electrons. The molecule has 0 aliphatic carbocycles. The fourth-order valence-electron chi connectivity index (χ4n) is 2.44. The first-order valence-electron chi connectivity index (χ1n) is 9.07. The second-order valence-electron chi connectivity index (χ2n) is 5.88. The molecule has 0 amide bonds. The predicted octanol–water partition coefficient (Wildman–Crippen LogP) is 6.28. The second kappa shape index (κ2) is 22.2. The van der Waals surface area contributed by atoms with Crippen LogP contribution in [0.1, 0.15) is 96.8 Å². The Morgan fingerprint density at radius 1 is 0.667 bits per heavy atom. The smallest absolute Gasteiger partial charge is 0.0654 e. The Labute approximate surface area is 141 Å². The van der Waals surface area contributed by atoms with Crippen LogP contribution in [-0.2, 0) is 0 Å². The number of carbonyl (C=O) groups is 1. The molecular weight excluding hydrogens is 259 g/mol. The Bertz CT molecular complexity index is 180. The molecule has 4 heteroatoms. The van der Waals surface area contributed by atoms with Crippen LogP contribution in [0.3, 0.4) is 0 Å².